The lowest BCUT2D eigenvalue weighted by atomic mass is 10.0. The molecule has 0 bridgehead atoms. The average molecular weight is 484 g/mol. The molecule has 0 aliphatic carbocycles. The molecule has 1 amide bonds. The minimum atomic E-state index is -3.09. The van der Waals surface area contributed by atoms with Gasteiger partial charge >= 0.3 is 0 Å². The smallest absolute Gasteiger partial charge is 0.230 e. The predicted molar refractivity (Wildman–Crippen MR) is 134 cm³/mol. The van der Waals surface area contributed by atoms with E-state index in [9.17, 15) is 13.2 Å². The first-order chi connectivity index (χ1) is 15.7. The third-order valence-electron chi connectivity index (χ3n) is 5.88. The Kier molecular flexibility index (Phi) is 6.68. The Morgan fingerprint density at radius 2 is 1.85 bits per heavy atom. The summed E-state index contributed by atoms with van der Waals surface area (Å²) in [6.07, 6.45) is 2.29. The molecule has 1 N–H and O–H groups in total. The second-order valence-corrected chi connectivity index (χ2v) is 12.2. The number of nitrogens with one attached hydrogen (secondary N) is 1. The number of thioether (sulfide) groups is 1. The molecule has 1 unspecified atom stereocenters. The first-order valence-corrected chi connectivity index (χ1v) is 13.8. The van der Waals surface area contributed by atoms with E-state index in [1.54, 1.807) is 6.92 Å². The lowest BCUT2D eigenvalue weighted by molar-refractivity contribution is -0.120. The number of imidazole rings is 1. The summed E-state index contributed by atoms with van der Waals surface area (Å²) in [7, 11) is -3.09. The number of rotatable bonds is 7. The van der Waals surface area contributed by atoms with E-state index in [-0.39, 0.29) is 23.2 Å². The molecule has 1 aliphatic heterocycles. The monoisotopic (exact) mass is 483 g/mol. The molecular formula is C25H29N3O3S2. The third kappa shape index (κ3) is 5.33. The molecule has 2 heterocycles. The van der Waals surface area contributed by atoms with Crippen molar-refractivity contribution < 1.29 is 13.2 Å². The van der Waals surface area contributed by atoms with Crippen molar-refractivity contribution in [2.24, 2.45) is 0 Å². The van der Waals surface area contributed by atoms with Crippen LogP contribution in [-0.4, -0.2) is 46.7 Å². The van der Waals surface area contributed by atoms with Crippen molar-refractivity contribution >= 4 is 27.5 Å². The molecule has 6 nitrogen and oxygen atoms in total. The highest BCUT2D eigenvalue weighted by Gasteiger charge is 2.39. The van der Waals surface area contributed by atoms with E-state index in [1.807, 2.05) is 48.7 Å². The maximum absolute atomic E-state index is 12.7. The van der Waals surface area contributed by atoms with Crippen LogP contribution in [0.25, 0.3) is 16.9 Å². The van der Waals surface area contributed by atoms with Crippen molar-refractivity contribution in [2.75, 3.05) is 17.3 Å². The molecule has 1 aromatic heterocycles. The number of nitrogens with zero attached hydrogens (tertiary/aromatic N) is 2. The number of hydrogen-bond donors (Lipinski definition) is 1. The van der Waals surface area contributed by atoms with Gasteiger partial charge in [-0.15, -0.1) is 0 Å². The molecule has 1 atom stereocenters. The van der Waals surface area contributed by atoms with E-state index in [0.29, 0.717) is 12.3 Å². The van der Waals surface area contributed by atoms with Gasteiger partial charge in [0.1, 0.15) is 0 Å². The SMILES string of the molecule is CC(C)c1ccccc1-n1c(-c2ccccc2)cnc1SCC(=O)NC1(C)CCS(=O)(=O)C1. The maximum atomic E-state index is 12.7. The molecule has 1 fully saturated rings. The second-order valence-electron chi connectivity index (χ2n) is 9.08. The lowest BCUT2D eigenvalue weighted by Gasteiger charge is -2.23. The van der Waals surface area contributed by atoms with Gasteiger partial charge in [0.25, 0.3) is 0 Å². The van der Waals surface area contributed by atoms with Gasteiger partial charge in [0.2, 0.25) is 5.91 Å². The highest BCUT2D eigenvalue weighted by Crippen LogP contribution is 2.33. The van der Waals surface area contributed by atoms with Gasteiger partial charge in [0.05, 0.1) is 40.4 Å². The Morgan fingerprint density at radius 3 is 2.52 bits per heavy atom. The molecule has 0 spiro atoms. The Balaban J connectivity index is 1.63. The van der Waals surface area contributed by atoms with Gasteiger partial charge in [-0.25, -0.2) is 13.4 Å². The summed E-state index contributed by atoms with van der Waals surface area (Å²) in [6.45, 7) is 6.12. The van der Waals surface area contributed by atoms with Crippen molar-refractivity contribution in [3.63, 3.8) is 0 Å². The number of amides is 1. The van der Waals surface area contributed by atoms with E-state index < -0.39 is 15.4 Å². The maximum Gasteiger partial charge on any atom is 0.230 e. The fourth-order valence-corrected chi connectivity index (χ4v) is 7.15. The van der Waals surface area contributed by atoms with E-state index in [2.05, 4.69) is 40.8 Å². The molecular weight excluding hydrogens is 454 g/mol. The normalized spacial score (nSPS) is 19.6. The summed E-state index contributed by atoms with van der Waals surface area (Å²) in [5.41, 5.74) is 3.54. The van der Waals surface area contributed by atoms with Gasteiger partial charge in [-0.3, -0.25) is 9.36 Å². The molecule has 3 aromatic rings. The number of benzene rings is 2. The van der Waals surface area contributed by atoms with Crippen molar-refractivity contribution in [1.82, 2.24) is 14.9 Å². The van der Waals surface area contributed by atoms with Crippen LogP contribution in [-0.2, 0) is 14.6 Å². The summed E-state index contributed by atoms with van der Waals surface area (Å²) in [4.78, 5) is 17.4. The highest BCUT2D eigenvalue weighted by atomic mass is 32.2. The van der Waals surface area contributed by atoms with E-state index in [1.165, 1.54) is 17.3 Å². The Bertz CT molecular complexity index is 1250. The molecule has 8 heteroatoms. The molecule has 2 aromatic carbocycles. The minimum Gasteiger partial charge on any atom is -0.349 e. The number of carbonyl (C=O) groups is 1. The number of hydrogen-bond acceptors (Lipinski definition) is 5. The van der Waals surface area contributed by atoms with E-state index in [4.69, 9.17) is 0 Å². The number of carbonyl (C=O) groups excluding carboxylic acids is 1. The van der Waals surface area contributed by atoms with Crippen LogP contribution in [0.5, 0.6) is 0 Å². The molecule has 1 aliphatic rings. The minimum absolute atomic E-state index is 0.00898. The summed E-state index contributed by atoms with van der Waals surface area (Å²) < 4.78 is 25.8. The number of aromatic nitrogens is 2. The van der Waals surface area contributed by atoms with Crippen LogP contribution in [0.3, 0.4) is 0 Å². The van der Waals surface area contributed by atoms with Crippen molar-refractivity contribution in [1.29, 1.82) is 0 Å². The fraction of sp³-hybridized carbons (Fsp3) is 0.360. The van der Waals surface area contributed by atoms with Crippen LogP contribution in [0.4, 0.5) is 0 Å². The Morgan fingerprint density at radius 1 is 1.15 bits per heavy atom. The second kappa shape index (κ2) is 9.35. The van der Waals surface area contributed by atoms with Crippen molar-refractivity contribution in [3.8, 4) is 16.9 Å². The van der Waals surface area contributed by atoms with Crippen LogP contribution in [0.1, 0.15) is 38.7 Å². The zero-order valence-electron chi connectivity index (χ0n) is 19.1. The van der Waals surface area contributed by atoms with Crippen LogP contribution in [0, 0.1) is 0 Å². The van der Waals surface area contributed by atoms with Crippen LogP contribution in [0.2, 0.25) is 0 Å². The van der Waals surface area contributed by atoms with E-state index >= 15 is 0 Å². The molecule has 0 radical (unpaired) electrons. The molecule has 174 valence electrons. The molecule has 1 saturated heterocycles. The number of para-hydroxylation sites is 1. The van der Waals surface area contributed by atoms with Gasteiger partial charge < -0.3 is 5.32 Å². The van der Waals surface area contributed by atoms with Crippen molar-refractivity contribution in [2.45, 2.75) is 43.8 Å². The topological polar surface area (TPSA) is 81.1 Å². The fourth-order valence-electron chi connectivity index (χ4n) is 4.27. The van der Waals surface area contributed by atoms with Gasteiger partial charge in [-0.05, 0) is 30.9 Å². The van der Waals surface area contributed by atoms with Gasteiger partial charge in [-0.2, -0.15) is 0 Å². The first kappa shape index (κ1) is 23.6. The predicted octanol–water partition coefficient (Wildman–Crippen LogP) is 4.45. The average Bonchev–Trinajstić information content (AvgIpc) is 3.32. The Hall–Kier alpha value is -2.58. The standard InChI is InChI=1S/C25H29N3O3S2/c1-18(2)20-11-7-8-12-21(20)28-22(19-9-5-4-6-10-19)15-26-24(28)32-16-23(29)27-25(3)13-14-33(30,31)17-25/h4-12,15,18H,13-14,16-17H2,1-3H3,(H,27,29). The zero-order chi connectivity index (χ0) is 23.6. The highest BCUT2D eigenvalue weighted by molar-refractivity contribution is 7.99. The lowest BCUT2D eigenvalue weighted by Crippen LogP contribution is -2.47. The van der Waals surface area contributed by atoms with Crippen LogP contribution < -0.4 is 5.32 Å². The van der Waals surface area contributed by atoms with Gasteiger partial charge in [0.15, 0.2) is 15.0 Å². The van der Waals surface area contributed by atoms with Crippen molar-refractivity contribution in [3.05, 3.63) is 66.4 Å². The van der Waals surface area contributed by atoms with Gasteiger partial charge in [0, 0.05) is 5.56 Å². The summed E-state index contributed by atoms with van der Waals surface area (Å²) >= 11 is 1.36. The first-order valence-electron chi connectivity index (χ1n) is 11.0. The third-order valence-corrected chi connectivity index (χ3v) is 8.73. The largest absolute Gasteiger partial charge is 0.349 e. The molecule has 4 rings (SSSR count). The summed E-state index contributed by atoms with van der Waals surface area (Å²) in [5, 5.41) is 3.66. The van der Waals surface area contributed by atoms with E-state index in [0.717, 1.165) is 22.1 Å². The quantitative estimate of drug-likeness (QED) is 0.502. The van der Waals surface area contributed by atoms with Crippen LogP contribution >= 0.6 is 11.8 Å². The Labute approximate surface area is 199 Å². The number of sulfone groups is 1. The summed E-state index contributed by atoms with van der Waals surface area (Å²) in [5.74, 6) is 0.397. The summed E-state index contributed by atoms with van der Waals surface area (Å²) in [6, 6.07) is 18.3. The van der Waals surface area contributed by atoms with Gasteiger partial charge in [-0.1, -0.05) is 74.1 Å². The zero-order valence-corrected chi connectivity index (χ0v) is 20.7. The van der Waals surface area contributed by atoms with Crippen LogP contribution in [0.15, 0.2) is 66.0 Å². The molecule has 0 saturated carbocycles. The molecule has 33 heavy (non-hydrogen) atoms.